The molecule has 10 atom stereocenters. The van der Waals surface area contributed by atoms with E-state index < -0.39 is 55.6 Å². The normalized spacial score (nSPS) is 25.2. The van der Waals surface area contributed by atoms with E-state index in [1.165, 1.54) is 148 Å². The molecule has 0 unspecified atom stereocenters. The quantitative estimate of drug-likeness (QED) is 0.0304. The van der Waals surface area contributed by atoms with E-state index in [1.807, 2.05) is 0 Å². The molecule has 0 aromatic rings. The van der Waals surface area contributed by atoms with E-state index in [0.29, 0.717) is 12.8 Å². The molecule has 2 fully saturated rings. The van der Waals surface area contributed by atoms with Gasteiger partial charge in [0, 0.05) is 6.42 Å². The number of carbonyl (C=O) groups excluding carboxylic acids is 1. The van der Waals surface area contributed by atoms with Gasteiger partial charge in [0.2, 0.25) is 5.91 Å². The maximum Gasteiger partial charge on any atom is 0.220 e. The van der Waals surface area contributed by atoms with Gasteiger partial charge in [-0.1, -0.05) is 187 Å². The number of hydrogen-bond acceptors (Lipinski definition) is 9. The lowest BCUT2D eigenvalue weighted by molar-refractivity contribution is -0.303. The van der Waals surface area contributed by atoms with Crippen molar-refractivity contribution in [1.29, 1.82) is 0 Å². The van der Waals surface area contributed by atoms with Crippen LogP contribution in [0.4, 0.5) is 0 Å². The monoisotopic (exact) mass is 800 g/mol. The molecule has 7 N–H and O–H groups in total. The molecular weight excluding hydrogens is 711 g/mol. The summed E-state index contributed by atoms with van der Waals surface area (Å²) in [5, 5.41) is 65.2. The highest BCUT2D eigenvalue weighted by Crippen LogP contribution is 2.45. The molecule has 56 heavy (non-hydrogen) atoms. The van der Waals surface area contributed by atoms with Crippen LogP contribution in [0.3, 0.4) is 0 Å². The van der Waals surface area contributed by atoms with E-state index in [-0.39, 0.29) is 12.5 Å². The molecule has 1 saturated carbocycles. The lowest BCUT2D eigenvalue weighted by atomic mass is 9.98. The van der Waals surface area contributed by atoms with Crippen LogP contribution in [0.5, 0.6) is 0 Å². The average molecular weight is 800 g/mol. The predicted molar refractivity (Wildman–Crippen MR) is 225 cm³/mol. The largest absolute Gasteiger partial charge is 0.394 e. The van der Waals surface area contributed by atoms with E-state index in [0.717, 1.165) is 50.4 Å². The van der Waals surface area contributed by atoms with Gasteiger partial charge in [0.1, 0.15) is 30.5 Å². The van der Waals surface area contributed by atoms with E-state index in [9.17, 15) is 35.4 Å². The van der Waals surface area contributed by atoms with E-state index in [4.69, 9.17) is 9.47 Å². The van der Waals surface area contributed by atoms with Gasteiger partial charge in [-0.2, -0.15) is 0 Å². The molecule has 1 saturated heterocycles. The molecule has 332 valence electrons. The van der Waals surface area contributed by atoms with Crippen molar-refractivity contribution in [2.24, 2.45) is 11.8 Å². The van der Waals surface area contributed by atoms with Crippen LogP contribution in [0, 0.1) is 11.8 Å². The third-order valence-electron chi connectivity index (χ3n) is 12.5. The number of nitrogens with one attached hydrogen (secondary N) is 1. The Bertz CT molecular complexity index is 925. The molecule has 0 aromatic heterocycles. The first kappa shape index (κ1) is 51.3. The lowest BCUT2D eigenvalue weighted by Gasteiger charge is -2.40. The van der Waals surface area contributed by atoms with Gasteiger partial charge in [-0.3, -0.25) is 4.79 Å². The van der Waals surface area contributed by atoms with Crippen LogP contribution in [0.1, 0.15) is 213 Å². The summed E-state index contributed by atoms with van der Waals surface area (Å²) in [7, 11) is 0. The predicted octanol–water partition coefficient (Wildman–Crippen LogP) is 8.39. The van der Waals surface area contributed by atoms with E-state index in [2.05, 4.69) is 19.2 Å². The Balaban J connectivity index is 1.65. The molecule has 1 aliphatic carbocycles. The van der Waals surface area contributed by atoms with Crippen LogP contribution in [-0.2, 0) is 14.3 Å². The van der Waals surface area contributed by atoms with Crippen molar-refractivity contribution in [3.8, 4) is 0 Å². The first-order chi connectivity index (χ1) is 27.2. The summed E-state index contributed by atoms with van der Waals surface area (Å²) in [6.45, 7) is 3.62. The number of rotatable bonds is 38. The topological polar surface area (TPSA) is 169 Å². The minimum absolute atomic E-state index is 0.250. The number of carbonyl (C=O) groups is 1. The molecule has 0 aromatic carbocycles. The van der Waals surface area contributed by atoms with Crippen molar-refractivity contribution in [2.75, 3.05) is 13.2 Å². The first-order valence-corrected chi connectivity index (χ1v) is 23.8. The van der Waals surface area contributed by atoms with Crippen LogP contribution >= 0.6 is 0 Å². The fraction of sp³-hybridized carbons (Fsp3) is 0.978. The standard InChI is InChI=1S/C46H89NO9/c1-3-5-7-9-11-13-14-15-16-18-23-27-31-39(49)42(51)38(35-55-46-45(54)44(53)43(52)40(34-48)56-46)47-41(50)32-28-24-20-19-22-26-30-37-33-36(37)29-25-21-17-12-10-8-6-4-2/h36-40,42-46,48-49,51-54H,3-35H2,1-2H3,(H,47,50)/t36-,37-,38+,39+,40-,42+,43+,44+,45-,46+/m1/s1. The van der Waals surface area contributed by atoms with Gasteiger partial charge in [-0.05, 0) is 31.1 Å². The van der Waals surface area contributed by atoms with Crippen LogP contribution < -0.4 is 5.32 Å². The SMILES string of the molecule is CCCCCCCCCCCCCC[C@H](O)[C@@H](O)[C@H](CO[C@H]1O[C@H](CO)[C@H](O)[C@H](O)[C@H]1O)NC(=O)CCCCCCCC[C@@H]1C[C@H]1CCCCCCCCCC. The second-order valence-corrected chi connectivity index (χ2v) is 17.6. The van der Waals surface area contributed by atoms with Gasteiger partial charge in [-0.15, -0.1) is 0 Å². The number of unbranched alkanes of at least 4 members (excludes halogenated alkanes) is 23. The van der Waals surface area contributed by atoms with Crippen LogP contribution in [0.25, 0.3) is 0 Å². The average Bonchev–Trinajstić information content (AvgIpc) is 3.95. The Morgan fingerprint density at radius 3 is 1.55 bits per heavy atom. The van der Waals surface area contributed by atoms with Crippen molar-refractivity contribution >= 4 is 5.91 Å². The second kappa shape index (κ2) is 32.9. The minimum atomic E-state index is -1.60. The molecule has 1 heterocycles. The summed E-state index contributed by atoms with van der Waals surface area (Å²) in [6.07, 6.45) is 27.3. The number of hydrogen-bond donors (Lipinski definition) is 7. The molecule has 10 nitrogen and oxygen atoms in total. The van der Waals surface area contributed by atoms with Crippen LogP contribution in [-0.4, -0.2) is 98.7 Å². The molecule has 2 aliphatic rings. The van der Waals surface area contributed by atoms with Gasteiger partial charge in [0.25, 0.3) is 0 Å². The van der Waals surface area contributed by atoms with Gasteiger partial charge in [0.05, 0.1) is 25.4 Å². The molecule has 0 spiro atoms. The molecule has 0 bridgehead atoms. The summed E-state index contributed by atoms with van der Waals surface area (Å²) in [6, 6.07) is -0.982. The first-order valence-electron chi connectivity index (χ1n) is 23.8. The van der Waals surface area contributed by atoms with Crippen molar-refractivity contribution in [3.63, 3.8) is 0 Å². The summed E-state index contributed by atoms with van der Waals surface area (Å²) in [5.41, 5.74) is 0. The number of ether oxygens (including phenoxy) is 2. The fourth-order valence-corrected chi connectivity index (χ4v) is 8.50. The van der Waals surface area contributed by atoms with Gasteiger partial charge in [-0.25, -0.2) is 0 Å². The molecular formula is C46H89NO9. The summed E-state index contributed by atoms with van der Waals surface area (Å²) >= 11 is 0. The molecule has 2 rings (SSSR count). The van der Waals surface area contributed by atoms with Crippen LogP contribution in [0.15, 0.2) is 0 Å². The molecule has 0 radical (unpaired) electrons. The second-order valence-electron chi connectivity index (χ2n) is 17.6. The van der Waals surface area contributed by atoms with Crippen molar-refractivity contribution < 1.29 is 44.9 Å². The van der Waals surface area contributed by atoms with Crippen molar-refractivity contribution in [3.05, 3.63) is 0 Å². The molecule has 10 heteroatoms. The highest BCUT2D eigenvalue weighted by Gasteiger charge is 2.44. The Labute approximate surface area is 342 Å². The maximum absolute atomic E-state index is 13.0. The van der Waals surface area contributed by atoms with Crippen molar-refractivity contribution in [2.45, 2.75) is 262 Å². The lowest BCUT2D eigenvalue weighted by Crippen LogP contribution is -2.60. The Kier molecular flexibility index (Phi) is 30.2. The summed E-state index contributed by atoms with van der Waals surface area (Å²) < 4.78 is 11.2. The molecule has 1 amide bonds. The van der Waals surface area contributed by atoms with E-state index >= 15 is 0 Å². The minimum Gasteiger partial charge on any atom is -0.394 e. The highest BCUT2D eigenvalue weighted by atomic mass is 16.7. The Morgan fingerprint density at radius 1 is 0.625 bits per heavy atom. The van der Waals surface area contributed by atoms with E-state index in [1.54, 1.807) is 0 Å². The third kappa shape index (κ3) is 23.1. The Hall–Kier alpha value is -0.850. The fourth-order valence-electron chi connectivity index (χ4n) is 8.50. The zero-order valence-corrected chi connectivity index (χ0v) is 36.0. The smallest absolute Gasteiger partial charge is 0.220 e. The number of aliphatic hydroxyl groups excluding tert-OH is 6. The summed E-state index contributed by atoms with van der Waals surface area (Å²) in [4.78, 5) is 13.0. The number of amides is 1. The van der Waals surface area contributed by atoms with Crippen LogP contribution in [0.2, 0.25) is 0 Å². The molecule has 1 aliphatic heterocycles. The summed E-state index contributed by atoms with van der Waals surface area (Å²) in [5.74, 6) is 1.69. The van der Waals surface area contributed by atoms with Gasteiger partial charge < -0.3 is 45.4 Å². The maximum atomic E-state index is 13.0. The third-order valence-corrected chi connectivity index (χ3v) is 12.5. The van der Waals surface area contributed by atoms with Gasteiger partial charge >= 0.3 is 0 Å². The Morgan fingerprint density at radius 2 is 1.07 bits per heavy atom. The number of aliphatic hydroxyl groups is 6. The van der Waals surface area contributed by atoms with Crippen molar-refractivity contribution in [1.82, 2.24) is 5.32 Å². The highest BCUT2D eigenvalue weighted by molar-refractivity contribution is 5.76. The zero-order valence-electron chi connectivity index (χ0n) is 36.0. The zero-order chi connectivity index (χ0) is 40.8. The van der Waals surface area contributed by atoms with Gasteiger partial charge in [0.15, 0.2) is 6.29 Å².